The number of hydrogen-bond donors (Lipinski definition) is 1. The fourth-order valence-electron chi connectivity index (χ4n) is 1.92. The van der Waals surface area contributed by atoms with E-state index in [1.54, 1.807) is 21.1 Å². The molecule has 0 saturated heterocycles. The lowest BCUT2D eigenvalue weighted by Crippen LogP contribution is -2.03. The van der Waals surface area contributed by atoms with Crippen LogP contribution >= 0.6 is 0 Å². The van der Waals surface area contributed by atoms with Crippen LogP contribution in [0.25, 0.3) is 0 Å². The summed E-state index contributed by atoms with van der Waals surface area (Å²) in [5.41, 5.74) is 2.82. The topological polar surface area (TPSA) is 38.7 Å². The van der Waals surface area contributed by atoms with Gasteiger partial charge in [-0.25, -0.2) is 0 Å². The lowest BCUT2D eigenvalue weighted by molar-refractivity contribution is 0.192. The molecule has 1 aromatic rings. The summed E-state index contributed by atoms with van der Waals surface area (Å²) in [5, 5.41) is 9.69. The highest BCUT2D eigenvalue weighted by atomic mass is 16.5. The fourth-order valence-corrected chi connectivity index (χ4v) is 1.92. The van der Waals surface area contributed by atoms with E-state index < -0.39 is 6.10 Å². The maximum Gasteiger partial charge on any atom is 0.167 e. The summed E-state index contributed by atoms with van der Waals surface area (Å²) in [7, 11) is 3.19. The molecule has 0 spiro atoms. The molecule has 84 valence electrons. The molecule has 0 radical (unpaired) electrons. The highest BCUT2D eigenvalue weighted by Gasteiger charge is 2.18. The molecule has 1 aromatic carbocycles. The first-order chi connectivity index (χ1) is 7.02. The third-order valence-corrected chi connectivity index (χ3v) is 2.49. The molecule has 0 heterocycles. The molecule has 0 bridgehead atoms. The lowest BCUT2D eigenvalue weighted by atomic mass is 9.99. The van der Waals surface area contributed by atoms with Gasteiger partial charge in [0, 0.05) is 5.56 Å². The van der Waals surface area contributed by atoms with Crippen LogP contribution in [-0.2, 0) is 0 Å². The Hall–Kier alpha value is -1.22. The zero-order valence-corrected chi connectivity index (χ0v) is 9.92. The van der Waals surface area contributed by atoms with Crippen molar-refractivity contribution in [3.63, 3.8) is 0 Å². The Morgan fingerprint density at radius 3 is 2.00 bits per heavy atom. The molecule has 1 atom stereocenters. The minimum atomic E-state index is -0.561. The summed E-state index contributed by atoms with van der Waals surface area (Å²) in [5.74, 6) is 1.32. The van der Waals surface area contributed by atoms with Gasteiger partial charge in [0.1, 0.15) is 0 Å². The van der Waals surface area contributed by atoms with E-state index in [1.165, 1.54) is 0 Å². The third kappa shape index (κ3) is 2.07. The number of ether oxygens (including phenoxy) is 2. The molecule has 1 rings (SSSR count). The molecule has 0 aliphatic heterocycles. The second kappa shape index (κ2) is 4.53. The SMILES string of the molecule is COc1c(C)cc(C)c(C(C)O)c1OC. The number of rotatable bonds is 3. The Balaban J connectivity index is 3.49. The van der Waals surface area contributed by atoms with E-state index in [1.807, 2.05) is 19.9 Å². The van der Waals surface area contributed by atoms with Crippen molar-refractivity contribution >= 4 is 0 Å². The average Bonchev–Trinajstić information content (AvgIpc) is 2.15. The van der Waals surface area contributed by atoms with Crippen LogP contribution in [0, 0.1) is 13.8 Å². The average molecular weight is 210 g/mol. The molecule has 0 aliphatic rings. The Labute approximate surface area is 90.6 Å². The standard InChI is InChI=1S/C12H18O3/c1-7-6-8(2)11(14-4)12(15-5)10(7)9(3)13/h6,9,13H,1-5H3. The molecule has 3 heteroatoms. The van der Waals surface area contributed by atoms with Gasteiger partial charge in [-0.15, -0.1) is 0 Å². The van der Waals surface area contributed by atoms with Gasteiger partial charge in [0.25, 0.3) is 0 Å². The van der Waals surface area contributed by atoms with E-state index in [4.69, 9.17) is 9.47 Å². The predicted octanol–water partition coefficient (Wildman–Crippen LogP) is 2.37. The smallest absolute Gasteiger partial charge is 0.167 e. The van der Waals surface area contributed by atoms with Gasteiger partial charge in [0.15, 0.2) is 11.5 Å². The monoisotopic (exact) mass is 210 g/mol. The molecule has 0 aromatic heterocycles. The van der Waals surface area contributed by atoms with Crippen LogP contribution in [0.3, 0.4) is 0 Å². The molecule has 15 heavy (non-hydrogen) atoms. The van der Waals surface area contributed by atoms with Crippen LogP contribution in [0.1, 0.15) is 29.7 Å². The van der Waals surface area contributed by atoms with Crippen LogP contribution in [0.2, 0.25) is 0 Å². The summed E-state index contributed by atoms with van der Waals surface area (Å²) in [6, 6.07) is 1.99. The largest absolute Gasteiger partial charge is 0.493 e. The van der Waals surface area contributed by atoms with E-state index in [-0.39, 0.29) is 0 Å². The Bertz CT molecular complexity index is 356. The summed E-state index contributed by atoms with van der Waals surface area (Å²) < 4.78 is 10.6. The fraction of sp³-hybridized carbons (Fsp3) is 0.500. The lowest BCUT2D eigenvalue weighted by Gasteiger charge is -2.19. The Kier molecular flexibility index (Phi) is 3.58. The van der Waals surface area contributed by atoms with E-state index in [0.29, 0.717) is 11.5 Å². The van der Waals surface area contributed by atoms with Crippen molar-refractivity contribution in [2.24, 2.45) is 0 Å². The minimum Gasteiger partial charge on any atom is -0.493 e. The first-order valence-electron chi connectivity index (χ1n) is 4.93. The molecule has 1 unspecified atom stereocenters. The van der Waals surface area contributed by atoms with E-state index >= 15 is 0 Å². The zero-order chi connectivity index (χ0) is 11.6. The molecular formula is C12H18O3. The quantitative estimate of drug-likeness (QED) is 0.832. The minimum absolute atomic E-state index is 0.561. The Morgan fingerprint density at radius 1 is 1.07 bits per heavy atom. The van der Waals surface area contributed by atoms with Crippen molar-refractivity contribution in [1.82, 2.24) is 0 Å². The van der Waals surface area contributed by atoms with Crippen molar-refractivity contribution in [1.29, 1.82) is 0 Å². The number of benzene rings is 1. The van der Waals surface area contributed by atoms with Crippen molar-refractivity contribution in [2.45, 2.75) is 26.9 Å². The van der Waals surface area contributed by atoms with E-state index in [2.05, 4.69) is 0 Å². The molecule has 0 saturated carbocycles. The van der Waals surface area contributed by atoms with Crippen molar-refractivity contribution in [3.05, 3.63) is 22.8 Å². The second-order valence-corrected chi connectivity index (χ2v) is 3.67. The maximum atomic E-state index is 9.69. The molecular weight excluding hydrogens is 192 g/mol. The van der Waals surface area contributed by atoms with Crippen LogP contribution < -0.4 is 9.47 Å². The number of aliphatic hydroxyl groups is 1. The molecule has 1 N–H and O–H groups in total. The van der Waals surface area contributed by atoms with Gasteiger partial charge >= 0.3 is 0 Å². The van der Waals surface area contributed by atoms with Crippen LogP contribution in [0.15, 0.2) is 6.07 Å². The van der Waals surface area contributed by atoms with Crippen LogP contribution in [-0.4, -0.2) is 19.3 Å². The first kappa shape index (κ1) is 11.9. The van der Waals surface area contributed by atoms with Crippen LogP contribution in [0.5, 0.6) is 11.5 Å². The number of methoxy groups -OCH3 is 2. The summed E-state index contributed by atoms with van der Waals surface area (Å²) in [4.78, 5) is 0. The third-order valence-electron chi connectivity index (χ3n) is 2.49. The normalized spacial score (nSPS) is 12.4. The summed E-state index contributed by atoms with van der Waals surface area (Å²) in [6.45, 7) is 5.64. The van der Waals surface area contributed by atoms with E-state index in [9.17, 15) is 5.11 Å². The number of aryl methyl sites for hydroxylation is 2. The highest BCUT2D eigenvalue weighted by molar-refractivity contribution is 5.55. The maximum absolute atomic E-state index is 9.69. The van der Waals surface area contributed by atoms with E-state index in [0.717, 1.165) is 16.7 Å². The first-order valence-corrected chi connectivity index (χ1v) is 4.93. The summed E-state index contributed by atoms with van der Waals surface area (Å²) >= 11 is 0. The van der Waals surface area contributed by atoms with Crippen LogP contribution in [0.4, 0.5) is 0 Å². The molecule has 0 aliphatic carbocycles. The second-order valence-electron chi connectivity index (χ2n) is 3.67. The van der Waals surface area contributed by atoms with Gasteiger partial charge in [0.2, 0.25) is 0 Å². The predicted molar refractivity (Wildman–Crippen MR) is 59.7 cm³/mol. The number of hydrogen-bond acceptors (Lipinski definition) is 3. The van der Waals surface area contributed by atoms with Crippen molar-refractivity contribution in [3.8, 4) is 11.5 Å². The van der Waals surface area contributed by atoms with Gasteiger partial charge in [-0.2, -0.15) is 0 Å². The summed E-state index contributed by atoms with van der Waals surface area (Å²) in [6.07, 6.45) is -0.561. The molecule has 0 fully saturated rings. The van der Waals surface area contributed by atoms with Gasteiger partial charge in [0.05, 0.1) is 20.3 Å². The Morgan fingerprint density at radius 2 is 1.60 bits per heavy atom. The van der Waals surface area contributed by atoms with Gasteiger partial charge < -0.3 is 14.6 Å². The van der Waals surface area contributed by atoms with Gasteiger partial charge in [-0.05, 0) is 31.9 Å². The number of aliphatic hydroxyl groups excluding tert-OH is 1. The molecule has 0 amide bonds. The van der Waals surface area contributed by atoms with Gasteiger partial charge in [-0.1, -0.05) is 6.07 Å². The van der Waals surface area contributed by atoms with Crippen molar-refractivity contribution < 1.29 is 14.6 Å². The van der Waals surface area contributed by atoms with Gasteiger partial charge in [-0.3, -0.25) is 0 Å². The highest BCUT2D eigenvalue weighted by Crippen LogP contribution is 2.39. The molecule has 3 nitrogen and oxygen atoms in total. The zero-order valence-electron chi connectivity index (χ0n) is 9.92. The van der Waals surface area contributed by atoms with Crippen molar-refractivity contribution in [2.75, 3.05) is 14.2 Å².